The van der Waals surface area contributed by atoms with Gasteiger partial charge in [0.2, 0.25) is 12.6 Å². The Kier molecular flexibility index (Phi) is 12.7. The standard InChI is InChI=1S/C30H40O17/c1-2-15-16(9-20(34)46-29-25(39)23(37)21(35)18(10-31)44-29)17(27(41)42-8-7-13-3-5-14(33)6-4-13)12-43-28(15)47-30-26(40)24(38)22(36)19(11-32)45-30/h2-6,12,16,18-19,21-26,28-33,35-40H,7-11H2,1H3/b15-2+/t16-,18+,19+,21-,22+,23-,24-,25+,26+,28-,29-,30-/m0/s1. The molecule has 1 aromatic rings. The topological polar surface area (TPSA) is 272 Å². The highest BCUT2D eigenvalue weighted by Crippen LogP contribution is 2.37. The van der Waals surface area contributed by atoms with Gasteiger partial charge in [0.1, 0.15) is 54.6 Å². The van der Waals surface area contributed by atoms with Crippen molar-refractivity contribution < 1.29 is 84.0 Å². The van der Waals surface area contributed by atoms with Gasteiger partial charge in [-0.25, -0.2) is 4.79 Å². The summed E-state index contributed by atoms with van der Waals surface area (Å²) in [5, 5.41) is 89.6. The molecule has 0 radical (unpaired) electrons. The zero-order valence-corrected chi connectivity index (χ0v) is 25.2. The second-order valence-corrected chi connectivity index (χ2v) is 11.2. The van der Waals surface area contributed by atoms with Crippen LogP contribution in [0.4, 0.5) is 0 Å². The van der Waals surface area contributed by atoms with Crippen LogP contribution in [0.3, 0.4) is 0 Å². The maximum atomic E-state index is 13.3. The molecule has 4 rings (SSSR count). The summed E-state index contributed by atoms with van der Waals surface area (Å²) in [6, 6.07) is 6.23. The fourth-order valence-corrected chi connectivity index (χ4v) is 5.32. The second-order valence-electron chi connectivity index (χ2n) is 11.2. The molecule has 0 saturated carbocycles. The first-order chi connectivity index (χ1) is 22.4. The second kappa shape index (κ2) is 16.3. The minimum Gasteiger partial charge on any atom is -0.508 e. The summed E-state index contributed by atoms with van der Waals surface area (Å²) in [7, 11) is 0. The molecule has 0 amide bonds. The zero-order valence-electron chi connectivity index (χ0n) is 25.2. The average Bonchev–Trinajstić information content (AvgIpc) is 3.06. The summed E-state index contributed by atoms with van der Waals surface area (Å²) in [5.41, 5.74) is 0.718. The number of phenolic OH excluding ortho intramolecular Hbond substituents is 1. The summed E-state index contributed by atoms with van der Waals surface area (Å²) in [4.78, 5) is 26.5. The third kappa shape index (κ3) is 8.45. The van der Waals surface area contributed by atoms with E-state index >= 15 is 0 Å². The SMILES string of the molecule is C/C=C1/[C@H](O[C@@H]2O[C@H](CO)[C@@H](O)[C@H](O)[C@H]2O)OC=C(C(=O)OCCc2ccc(O)cc2)[C@H]1CC(=O)O[C@@H]1O[C@H](CO)[C@H](O)[C@H](O)[C@H]1O. The molecule has 12 atom stereocenters. The lowest BCUT2D eigenvalue weighted by Gasteiger charge is -2.42. The Hall–Kier alpha value is -3.20. The molecule has 0 spiro atoms. The first-order valence-corrected chi connectivity index (χ1v) is 14.8. The van der Waals surface area contributed by atoms with Gasteiger partial charge in [-0.3, -0.25) is 4.79 Å². The molecule has 3 aliphatic rings. The van der Waals surface area contributed by atoms with Gasteiger partial charge in [-0.2, -0.15) is 0 Å². The van der Waals surface area contributed by atoms with Crippen molar-refractivity contribution >= 4 is 11.9 Å². The third-order valence-electron chi connectivity index (χ3n) is 8.07. The van der Waals surface area contributed by atoms with Crippen molar-refractivity contribution in [3.8, 4) is 5.75 Å². The van der Waals surface area contributed by atoms with Crippen molar-refractivity contribution in [1.82, 2.24) is 0 Å². The van der Waals surface area contributed by atoms with Crippen LogP contribution in [0.25, 0.3) is 0 Å². The lowest BCUT2D eigenvalue weighted by Crippen LogP contribution is -2.60. The lowest BCUT2D eigenvalue weighted by molar-refractivity contribution is -0.327. The molecule has 0 aromatic heterocycles. The van der Waals surface area contributed by atoms with Crippen LogP contribution in [0.2, 0.25) is 0 Å². The largest absolute Gasteiger partial charge is 0.508 e. The fourth-order valence-electron chi connectivity index (χ4n) is 5.32. The molecule has 0 aliphatic carbocycles. The zero-order chi connectivity index (χ0) is 34.4. The number of ether oxygens (including phenoxy) is 6. The number of carbonyl (C=O) groups excluding carboxylic acids is 2. The minimum absolute atomic E-state index is 0.0630. The van der Waals surface area contributed by atoms with Crippen LogP contribution in [0.15, 0.2) is 47.7 Å². The van der Waals surface area contributed by atoms with Gasteiger partial charge in [0.05, 0.1) is 38.1 Å². The van der Waals surface area contributed by atoms with Crippen LogP contribution in [-0.4, -0.2) is 145 Å². The van der Waals surface area contributed by atoms with E-state index in [1.54, 1.807) is 12.1 Å². The summed E-state index contributed by atoms with van der Waals surface area (Å²) >= 11 is 0. The van der Waals surface area contributed by atoms with E-state index in [9.17, 15) is 55.5 Å². The van der Waals surface area contributed by atoms with Crippen molar-refractivity contribution in [3.05, 3.63) is 53.3 Å². The summed E-state index contributed by atoms with van der Waals surface area (Å²) in [6.07, 6.45) is -16.1. The average molecular weight is 673 g/mol. The number of aliphatic hydroxyl groups is 8. The lowest BCUT2D eigenvalue weighted by atomic mass is 9.86. The van der Waals surface area contributed by atoms with Crippen LogP contribution >= 0.6 is 0 Å². The Morgan fingerprint density at radius 1 is 0.830 bits per heavy atom. The van der Waals surface area contributed by atoms with Gasteiger partial charge in [-0.1, -0.05) is 18.2 Å². The normalized spacial score (nSPS) is 36.7. The highest BCUT2D eigenvalue weighted by Gasteiger charge is 2.48. The van der Waals surface area contributed by atoms with Crippen LogP contribution in [0.1, 0.15) is 18.9 Å². The van der Waals surface area contributed by atoms with E-state index in [1.165, 1.54) is 25.1 Å². The Bertz CT molecular complexity index is 1260. The summed E-state index contributed by atoms with van der Waals surface area (Å²) in [6.45, 7) is -0.0584. The van der Waals surface area contributed by atoms with Crippen molar-refractivity contribution in [3.63, 3.8) is 0 Å². The first-order valence-electron chi connectivity index (χ1n) is 14.8. The monoisotopic (exact) mass is 672 g/mol. The quantitative estimate of drug-likeness (QED) is 0.0828. The van der Waals surface area contributed by atoms with Crippen LogP contribution in [0.5, 0.6) is 5.75 Å². The molecular weight excluding hydrogens is 632 g/mol. The van der Waals surface area contributed by atoms with E-state index in [0.717, 1.165) is 11.8 Å². The maximum absolute atomic E-state index is 13.3. The highest BCUT2D eigenvalue weighted by molar-refractivity contribution is 5.91. The number of benzene rings is 1. The van der Waals surface area contributed by atoms with E-state index in [0.29, 0.717) is 0 Å². The van der Waals surface area contributed by atoms with Crippen LogP contribution in [0, 0.1) is 5.92 Å². The van der Waals surface area contributed by atoms with E-state index in [4.69, 9.17) is 28.4 Å². The Morgan fingerprint density at radius 3 is 1.98 bits per heavy atom. The number of aliphatic hydroxyl groups excluding tert-OH is 8. The molecule has 1 aromatic carbocycles. The van der Waals surface area contributed by atoms with Gasteiger partial charge in [0, 0.05) is 17.9 Å². The summed E-state index contributed by atoms with van der Waals surface area (Å²) < 4.78 is 32.7. The van der Waals surface area contributed by atoms with E-state index in [2.05, 4.69) is 0 Å². The number of phenols is 1. The van der Waals surface area contributed by atoms with Gasteiger partial charge in [-0.05, 0) is 24.6 Å². The van der Waals surface area contributed by atoms with Gasteiger partial charge in [-0.15, -0.1) is 0 Å². The van der Waals surface area contributed by atoms with Crippen LogP contribution < -0.4 is 0 Å². The van der Waals surface area contributed by atoms with Gasteiger partial charge >= 0.3 is 11.9 Å². The van der Waals surface area contributed by atoms with Crippen LogP contribution in [-0.2, 0) is 44.4 Å². The molecule has 47 heavy (non-hydrogen) atoms. The predicted octanol–water partition coefficient (Wildman–Crippen LogP) is -3.17. The Balaban J connectivity index is 1.53. The van der Waals surface area contributed by atoms with Crippen molar-refractivity contribution in [2.45, 2.75) is 87.5 Å². The van der Waals surface area contributed by atoms with Crippen molar-refractivity contribution in [2.24, 2.45) is 5.92 Å². The summed E-state index contributed by atoms with van der Waals surface area (Å²) in [5.74, 6) is -3.06. The number of hydrogen-bond donors (Lipinski definition) is 9. The number of carbonyl (C=O) groups is 2. The third-order valence-corrected chi connectivity index (χ3v) is 8.07. The molecule has 3 aliphatic heterocycles. The molecule has 3 heterocycles. The number of rotatable bonds is 11. The van der Waals surface area contributed by atoms with Crippen molar-refractivity contribution in [2.75, 3.05) is 19.8 Å². The fraction of sp³-hybridized carbons (Fsp3) is 0.600. The predicted molar refractivity (Wildman–Crippen MR) is 152 cm³/mol. The molecule has 2 saturated heterocycles. The number of allylic oxidation sites excluding steroid dienone is 1. The highest BCUT2D eigenvalue weighted by atomic mass is 16.8. The van der Waals surface area contributed by atoms with Gasteiger partial charge in [0.15, 0.2) is 6.29 Å². The van der Waals surface area contributed by atoms with E-state index < -0.39 is 105 Å². The number of hydrogen-bond acceptors (Lipinski definition) is 17. The number of esters is 2. The molecule has 0 bridgehead atoms. The maximum Gasteiger partial charge on any atom is 0.337 e. The molecule has 2 fully saturated rings. The minimum atomic E-state index is -1.88. The molecule has 17 heteroatoms. The molecule has 9 N–H and O–H groups in total. The molecule has 262 valence electrons. The molecule has 0 unspecified atom stereocenters. The van der Waals surface area contributed by atoms with Crippen molar-refractivity contribution in [1.29, 1.82) is 0 Å². The van der Waals surface area contributed by atoms with Gasteiger partial charge < -0.3 is 74.4 Å². The first kappa shape index (κ1) is 36.6. The number of aromatic hydroxyl groups is 1. The smallest absolute Gasteiger partial charge is 0.337 e. The molecular formula is C30H40O17. The Morgan fingerprint density at radius 2 is 1.40 bits per heavy atom. The van der Waals surface area contributed by atoms with E-state index in [-0.39, 0.29) is 29.9 Å². The Labute approximate surface area is 268 Å². The molecule has 17 nitrogen and oxygen atoms in total. The van der Waals surface area contributed by atoms with E-state index in [1.807, 2.05) is 0 Å². The van der Waals surface area contributed by atoms with Gasteiger partial charge in [0.25, 0.3) is 0 Å².